The van der Waals surface area contributed by atoms with Crippen molar-refractivity contribution >= 4 is 29.5 Å². The molecule has 0 saturated carbocycles. The van der Waals surface area contributed by atoms with Gasteiger partial charge in [-0.1, -0.05) is 32.1 Å². The Kier molecular flexibility index (Phi) is 8.26. The molecule has 2 heterocycles. The number of hydrogen-bond donors (Lipinski definition) is 2. The minimum absolute atomic E-state index is 0.0701. The van der Waals surface area contributed by atoms with Crippen LogP contribution in [0.15, 0.2) is 35.8 Å². The van der Waals surface area contributed by atoms with Gasteiger partial charge in [0, 0.05) is 47.2 Å². The fraction of sp³-hybridized carbons (Fsp3) is 0.517. The van der Waals surface area contributed by atoms with Gasteiger partial charge in [-0.05, 0) is 84.1 Å². The molecule has 0 amide bonds. The van der Waals surface area contributed by atoms with Crippen LogP contribution in [0.25, 0.3) is 16.8 Å². The van der Waals surface area contributed by atoms with E-state index in [1.165, 1.54) is 6.21 Å². The maximum absolute atomic E-state index is 7.67. The Labute approximate surface area is 211 Å². The van der Waals surface area contributed by atoms with Crippen molar-refractivity contribution in [2.75, 3.05) is 11.4 Å². The summed E-state index contributed by atoms with van der Waals surface area (Å²) in [7, 11) is 0. The third-order valence-corrected chi connectivity index (χ3v) is 6.73. The molecule has 1 aliphatic heterocycles. The van der Waals surface area contributed by atoms with Crippen LogP contribution in [0, 0.1) is 5.41 Å². The highest BCUT2D eigenvalue weighted by Crippen LogP contribution is 2.37. The Balaban J connectivity index is 2.00. The standard InChI is InChI=1S/C29H42N6/c1-9-12-24-23(14-13-22(20(4)19-30)27(24)31-10-2)25-15-16-26(33-32-25)35(11-3)21-17-28(5,6)34-29(7,8)18-21/h10,13-16,19,21,30,34H,4,9,11-12,17-18H2,1-3,5-8H3. The summed E-state index contributed by atoms with van der Waals surface area (Å²) in [5.41, 5.74) is 5.58. The zero-order chi connectivity index (χ0) is 25.8. The number of aliphatic imine (C=N–C) groups is 1. The zero-order valence-electron chi connectivity index (χ0n) is 22.6. The molecular formula is C29H42N6. The quantitative estimate of drug-likeness (QED) is 0.401. The summed E-state index contributed by atoms with van der Waals surface area (Å²) in [4.78, 5) is 7.08. The molecule has 0 spiro atoms. The predicted molar refractivity (Wildman–Crippen MR) is 150 cm³/mol. The Morgan fingerprint density at radius 2 is 1.83 bits per heavy atom. The highest BCUT2D eigenvalue weighted by atomic mass is 15.3. The molecule has 0 bridgehead atoms. The number of rotatable bonds is 9. The van der Waals surface area contributed by atoms with Crippen molar-refractivity contribution in [3.05, 3.63) is 42.0 Å². The second-order valence-electron chi connectivity index (χ2n) is 10.8. The van der Waals surface area contributed by atoms with E-state index >= 15 is 0 Å². The summed E-state index contributed by atoms with van der Waals surface area (Å²) in [6.45, 7) is 20.3. The van der Waals surface area contributed by atoms with Gasteiger partial charge in [0.15, 0.2) is 5.82 Å². The minimum atomic E-state index is 0.0701. The first-order valence-electron chi connectivity index (χ1n) is 12.8. The molecule has 0 atom stereocenters. The third-order valence-electron chi connectivity index (χ3n) is 6.73. The van der Waals surface area contributed by atoms with Gasteiger partial charge in [0.05, 0.1) is 11.4 Å². The van der Waals surface area contributed by atoms with E-state index in [0.717, 1.165) is 66.1 Å². The molecule has 1 aromatic heterocycles. The van der Waals surface area contributed by atoms with Gasteiger partial charge in [0.25, 0.3) is 0 Å². The molecule has 35 heavy (non-hydrogen) atoms. The Morgan fingerprint density at radius 3 is 2.34 bits per heavy atom. The number of anilines is 1. The van der Waals surface area contributed by atoms with Crippen LogP contribution in [-0.2, 0) is 6.42 Å². The molecule has 3 rings (SSSR count). The molecule has 2 N–H and O–H groups in total. The number of aromatic nitrogens is 2. The van der Waals surface area contributed by atoms with Gasteiger partial charge in [-0.3, -0.25) is 4.99 Å². The van der Waals surface area contributed by atoms with E-state index < -0.39 is 0 Å². The maximum Gasteiger partial charge on any atom is 0.151 e. The van der Waals surface area contributed by atoms with Gasteiger partial charge in [0.2, 0.25) is 0 Å². The van der Waals surface area contributed by atoms with E-state index in [4.69, 9.17) is 15.6 Å². The first-order valence-corrected chi connectivity index (χ1v) is 12.8. The van der Waals surface area contributed by atoms with Gasteiger partial charge in [0.1, 0.15) is 0 Å². The minimum Gasteiger partial charge on any atom is -0.352 e. The van der Waals surface area contributed by atoms with Gasteiger partial charge in [-0.25, -0.2) is 0 Å². The molecule has 1 saturated heterocycles. The van der Waals surface area contributed by atoms with E-state index in [1.54, 1.807) is 6.21 Å². The van der Waals surface area contributed by atoms with Crippen LogP contribution in [-0.4, -0.2) is 46.3 Å². The first kappa shape index (κ1) is 26.7. The lowest BCUT2D eigenvalue weighted by atomic mass is 9.79. The summed E-state index contributed by atoms with van der Waals surface area (Å²) in [5, 5.41) is 20.9. The number of hydrogen-bond acceptors (Lipinski definition) is 6. The average Bonchev–Trinajstić information content (AvgIpc) is 2.79. The van der Waals surface area contributed by atoms with E-state index in [9.17, 15) is 0 Å². The van der Waals surface area contributed by atoms with Crippen LogP contribution in [0.1, 0.15) is 78.9 Å². The molecule has 6 heteroatoms. The topological polar surface area (TPSA) is 77.3 Å². The van der Waals surface area contributed by atoms with E-state index in [-0.39, 0.29) is 11.1 Å². The number of nitrogens with one attached hydrogen (secondary N) is 2. The number of benzene rings is 1. The van der Waals surface area contributed by atoms with Crippen molar-refractivity contribution in [3.8, 4) is 11.3 Å². The number of allylic oxidation sites excluding steroid dienone is 1. The molecule has 2 aromatic rings. The molecule has 0 aliphatic carbocycles. The van der Waals surface area contributed by atoms with Gasteiger partial charge >= 0.3 is 0 Å². The molecule has 1 aromatic carbocycles. The lowest BCUT2D eigenvalue weighted by Gasteiger charge is -2.49. The molecule has 0 radical (unpaired) electrons. The van der Waals surface area contributed by atoms with Crippen molar-refractivity contribution in [1.29, 1.82) is 5.41 Å². The van der Waals surface area contributed by atoms with Crippen LogP contribution in [0.2, 0.25) is 0 Å². The normalized spacial score (nSPS) is 17.5. The summed E-state index contributed by atoms with van der Waals surface area (Å²) >= 11 is 0. The molecule has 6 nitrogen and oxygen atoms in total. The fourth-order valence-corrected chi connectivity index (χ4v) is 5.71. The zero-order valence-corrected chi connectivity index (χ0v) is 22.6. The maximum atomic E-state index is 7.67. The van der Waals surface area contributed by atoms with Gasteiger partial charge in [-0.2, -0.15) is 0 Å². The van der Waals surface area contributed by atoms with Crippen LogP contribution >= 0.6 is 0 Å². The van der Waals surface area contributed by atoms with Gasteiger partial charge < -0.3 is 15.6 Å². The van der Waals surface area contributed by atoms with E-state index in [1.807, 2.05) is 13.0 Å². The average molecular weight is 475 g/mol. The number of piperidine rings is 1. The highest BCUT2D eigenvalue weighted by Gasteiger charge is 2.40. The lowest BCUT2D eigenvalue weighted by molar-refractivity contribution is 0.158. The fourth-order valence-electron chi connectivity index (χ4n) is 5.71. The monoisotopic (exact) mass is 474 g/mol. The van der Waals surface area contributed by atoms with Crippen molar-refractivity contribution in [1.82, 2.24) is 15.5 Å². The Hall–Kier alpha value is -2.86. The molecule has 0 unspecified atom stereocenters. The summed E-state index contributed by atoms with van der Waals surface area (Å²) in [6.07, 6.45) is 7.06. The van der Waals surface area contributed by atoms with Crippen LogP contribution in [0.3, 0.4) is 0 Å². The van der Waals surface area contributed by atoms with E-state index in [2.05, 4.69) is 81.5 Å². The molecule has 188 valence electrons. The Bertz CT molecular complexity index is 1070. The van der Waals surface area contributed by atoms with Gasteiger partial charge in [-0.15, -0.1) is 10.2 Å². The SMILES string of the molecule is C=C(C=N)c1ccc(-c2ccc(N(CC)C3CC(C)(C)NC(C)(C)C3)nn2)c(CCC)c1N=CC. The predicted octanol–water partition coefficient (Wildman–Crippen LogP) is 6.62. The molecule has 1 fully saturated rings. The largest absolute Gasteiger partial charge is 0.352 e. The third kappa shape index (κ3) is 6.04. The van der Waals surface area contributed by atoms with Crippen LogP contribution in [0.5, 0.6) is 0 Å². The van der Waals surface area contributed by atoms with Crippen molar-refractivity contribution in [2.24, 2.45) is 4.99 Å². The van der Waals surface area contributed by atoms with Crippen LogP contribution in [0.4, 0.5) is 11.5 Å². The second kappa shape index (κ2) is 10.8. The summed E-state index contributed by atoms with van der Waals surface area (Å²) in [5.74, 6) is 0.924. The Morgan fingerprint density at radius 1 is 1.14 bits per heavy atom. The molecule has 1 aliphatic rings. The summed E-state index contributed by atoms with van der Waals surface area (Å²) in [6, 6.07) is 8.66. The summed E-state index contributed by atoms with van der Waals surface area (Å²) < 4.78 is 0. The highest BCUT2D eigenvalue weighted by molar-refractivity contribution is 6.10. The second-order valence-corrected chi connectivity index (χ2v) is 10.8. The van der Waals surface area contributed by atoms with Crippen molar-refractivity contribution < 1.29 is 0 Å². The van der Waals surface area contributed by atoms with Crippen LogP contribution < -0.4 is 10.2 Å². The van der Waals surface area contributed by atoms with Crippen molar-refractivity contribution in [2.45, 2.75) is 91.3 Å². The lowest BCUT2D eigenvalue weighted by Crippen LogP contribution is -2.62. The molecular weight excluding hydrogens is 432 g/mol. The first-order chi connectivity index (χ1) is 16.6. The van der Waals surface area contributed by atoms with E-state index in [0.29, 0.717) is 11.6 Å². The number of nitrogens with zero attached hydrogens (tertiary/aromatic N) is 4. The smallest absolute Gasteiger partial charge is 0.151 e. The van der Waals surface area contributed by atoms with Crippen molar-refractivity contribution in [3.63, 3.8) is 0 Å².